The van der Waals surface area contributed by atoms with Gasteiger partial charge in [-0.05, 0) is 24.7 Å². The molecule has 0 amide bonds. The van der Waals surface area contributed by atoms with E-state index in [1.54, 1.807) is 0 Å². The fourth-order valence-electron chi connectivity index (χ4n) is 1.81. The smallest absolute Gasteiger partial charge is 0.0160 e. The van der Waals surface area contributed by atoms with Gasteiger partial charge in [-0.2, -0.15) is 0 Å². The molecule has 0 aromatic carbocycles. The Morgan fingerprint density at radius 2 is 1.62 bits per heavy atom. The maximum Gasteiger partial charge on any atom is -0.0160 e. The van der Waals surface area contributed by atoms with E-state index in [2.05, 4.69) is 41.2 Å². The minimum absolute atomic E-state index is 0.431. The Balaban J connectivity index is 0. The van der Waals surface area contributed by atoms with E-state index in [1.165, 1.54) is 18.4 Å². The van der Waals surface area contributed by atoms with E-state index in [0.29, 0.717) is 11.3 Å². The lowest BCUT2D eigenvalue weighted by molar-refractivity contribution is 0.231. The first-order chi connectivity index (χ1) is 5.95. The van der Waals surface area contributed by atoms with Crippen molar-refractivity contribution in [1.82, 2.24) is 0 Å². The van der Waals surface area contributed by atoms with Crippen LogP contribution in [-0.4, -0.2) is 0 Å². The molecular weight excluding hydrogens is 156 g/mol. The molecule has 0 saturated carbocycles. The van der Waals surface area contributed by atoms with Crippen molar-refractivity contribution in [2.45, 2.75) is 61.3 Å². The summed E-state index contributed by atoms with van der Waals surface area (Å²) in [6.45, 7) is 19.3. The molecular formula is C13H28. The van der Waals surface area contributed by atoms with Gasteiger partial charge in [0.2, 0.25) is 0 Å². The molecule has 1 unspecified atom stereocenters. The van der Waals surface area contributed by atoms with E-state index in [4.69, 9.17) is 0 Å². The van der Waals surface area contributed by atoms with E-state index >= 15 is 0 Å². The van der Waals surface area contributed by atoms with Gasteiger partial charge in [-0.15, -0.1) is 0 Å². The topological polar surface area (TPSA) is 0 Å². The zero-order chi connectivity index (χ0) is 11.1. The summed E-state index contributed by atoms with van der Waals surface area (Å²) in [4.78, 5) is 0. The van der Waals surface area contributed by atoms with Crippen molar-refractivity contribution in [2.24, 2.45) is 11.3 Å². The SMILES string of the molecule is C=C(C)C(CC)C(C)(C)CC.CC. The molecule has 0 aromatic heterocycles. The van der Waals surface area contributed by atoms with Crippen molar-refractivity contribution in [1.29, 1.82) is 0 Å². The number of hydrogen-bond donors (Lipinski definition) is 0. The highest BCUT2D eigenvalue weighted by Crippen LogP contribution is 2.36. The fourth-order valence-corrected chi connectivity index (χ4v) is 1.81. The third-order valence-electron chi connectivity index (χ3n) is 2.86. The number of allylic oxidation sites excluding steroid dienone is 1. The molecule has 0 aliphatic rings. The summed E-state index contributed by atoms with van der Waals surface area (Å²) in [5.41, 5.74) is 1.76. The van der Waals surface area contributed by atoms with Crippen molar-refractivity contribution in [2.75, 3.05) is 0 Å². The molecule has 0 heteroatoms. The third kappa shape index (κ3) is 5.13. The average molecular weight is 184 g/mol. The first kappa shape index (κ1) is 15.2. The van der Waals surface area contributed by atoms with Crippen LogP contribution in [0.15, 0.2) is 12.2 Å². The highest BCUT2D eigenvalue weighted by Gasteiger charge is 2.26. The van der Waals surface area contributed by atoms with Gasteiger partial charge in [0, 0.05) is 0 Å². The highest BCUT2D eigenvalue weighted by molar-refractivity contribution is 5.01. The van der Waals surface area contributed by atoms with Crippen molar-refractivity contribution < 1.29 is 0 Å². The van der Waals surface area contributed by atoms with Crippen LogP contribution in [0, 0.1) is 11.3 Å². The van der Waals surface area contributed by atoms with Crippen LogP contribution in [0.1, 0.15) is 61.3 Å². The van der Waals surface area contributed by atoms with E-state index in [9.17, 15) is 0 Å². The molecule has 0 aromatic rings. The van der Waals surface area contributed by atoms with Gasteiger partial charge in [0.05, 0.1) is 0 Å². The van der Waals surface area contributed by atoms with E-state index in [-0.39, 0.29) is 0 Å². The number of hydrogen-bond acceptors (Lipinski definition) is 0. The Morgan fingerprint density at radius 3 is 1.69 bits per heavy atom. The summed E-state index contributed by atoms with van der Waals surface area (Å²) >= 11 is 0. The predicted octanol–water partition coefficient (Wildman–Crippen LogP) is 5.05. The van der Waals surface area contributed by atoms with Crippen LogP contribution >= 0.6 is 0 Å². The quantitative estimate of drug-likeness (QED) is 0.536. The second-order valence-electron chi connectivity index (χ2n) is 4.15. The zero-order valence-corrected chi connectivity index (χ0v) is 10.7. The molecule has 80 valence electrons. The van der Waals surface area contributed by atoms with Crippen molar-refractivity contribution in [3.05, 3.63) is 12.2 Å². The van der Waals surface area contributed by atoms with Gasteiger partial charge in [-0.1, -0.05) is 60.1 Å². The standard InChI is InChI=1S/C11H22.C2H6/c1-7-10(9(3)4)11(5,6)8-2;1-2/h10H,3,7-8H2,1-2,4-6H3;1-2H3. The van der Waals surface area contributed by atoms with Gasteiger partial charge in [0.15, 0.2) is 0 Å². The van der Waals surface area contributed by atoms with Gasteiger partial charge >= 0.3 is 0 Å². The van der Waals surface area contributed by atoms with Crippen LogP contribution in [-0.2, 0) is 0 Å². The molecule has 1 atom stereocenters. The third-order valence-corrected chi connectivity index (χ3v) is 2.86. The lowest BCUT2D eigenvalue weighted by Crippen LogP contribution is -2.23. The van der Waals surface area contributed by atoms with E-state index in [1.807, 2.05) is 13.8 Å². The molecule has 0 aliphatic carbocycles. The van der Waals surface area contributed by atoms with Crippen LogP contribution < -0.4 is 0 Å². The van der Waals surface area contributed by atoms with Gasteiger partial charge < -0.3 is 0 Å². The molecule has 0 rings (SSSR count). The molecule has 0 heterocycles. The molecule has 0 nitrogen and oxygen atoms in total. The molecule has 0 bridgehead atoms. The lowest BCUT2D eigenvalue weighted by atomic mass is 9.72. The van der Waals surface area contributed by atoms with Gasteiger partial charge in [-0.3, -0.25) is 0 Å². The van der Waals surface area contributed by atoms with E-state index in [0.717, 1.165) is 0 Å². The summed E-state index contributed by atoms with van der Waals surface area (Å²) in [6, 6.07) is 0. The Hall–Kier alpha value is -0.260. The second-order valence-corrected chi connectivity index (χ2v) is 4.15. The summed E-state index contributed by atoms with van der Waals surface area (Å²) in [5, 5.41) is 0. The summed E-state index contributed by atoms with van der Waals surface area (Å²) in [5.74, 6) is 0.687. The fraction of sp³-hybridized carbons (Fsp3) is 0.846. The van der Waals surface area contributed by atoms with Crippen molar-refractivity contribution in [3.63, 3.8) is 0 Å². The minimum Gasteiger partial charge on any atom is -0.0998 e. The average Bonchev–Trinajstić information content (AvgIpc) is 2.08. The van der Waals surface area contributed by atoms with Gasteiger partial charge in [0.1, 0.15) is 0 Å². The Kier molecular flexibility index (Phi) is 8.40. The first-order valence-electron chi connectivity index (χ1n) is 5.61. The summed E-state index contributed by atoms with van der Waals surface area (Å²) < 4.78 is 0. The maximum atomic E-state index is 4.04. The maximum absolute atomic E-state index is 4.04. The summed E-state index contributed by atoms with van der Waals surface area (Å²) in [6.07, 6.45) is 2.45. The van der Waals surface area contributed by atoms with Crippen molar-refractivity contribution in [3.8, 4) is 0 Å². The molecule has 0 aliphatic heterocycles. The second kappa shape index (κ2) is 7.17. The number of rotatable bonds is 4. The largest absolute Gasteiger partial charge is 0.0998 e. The monoisotopic (exact) mass is 184 g/mol. The molecule has 0 saturated heterocycles. The van der Waals surface area contributed by atoms with Crippen LogP contribution in [0.4, 0.5) is 0 Å². The normalized spacial score (nSPS) is 12.8. The predicted molar refractivity (Wildman–Crippen MR) is 64.0 cm³/mol. The van der Waals surface area contributed by atoms with Gasteiger partial charge in [0.25, 0.3) is 0 Å². The van der Waals surface area contributed by atoms with Crippen LogP contribution in [0.25, 0.3) is 0 Å². The van der Waals surface area contributed by atoms with Crippen LogP contribution in [0.5, 0.6) is 0 Å². The molecule has 0 spiro atoms. The minimum atomic E-state index is 0.431. The first-order valence-corrected chi connectivity index (χ1v) is 5.61. The lowest BCUT2D eigenvalue weighted by Gasteiger charge is -2.33. The van der Waals surface area contributed by atoms with Crippen LogP contribution in [0.2, 0.25) is 0 Å². The molecule has 0 N–H and O–H groups in total. The molecule has 0 fully saturated rings. The Bertz CT molecular complexity index is 131. The zero-order valence-electron chi connectivity index (χ0n) is 10.7. The Morgan fingerprint density at radius 1 is 1.23 bits per heavy atom. The molecule has 0 radical (unpaired) electrons. The molecule has 13 heavy (non-hydrogen) atoms. The summed E-state index contributed by atoms with van der Waals surface area (Å²) in [7, 11) is 0. The van der Waals surface area contributed by atoms with Crippen molar-refractivity contribution >= 4 is 0 Å². The Labute approximate surface area is 85.4 Å². The van der Waals surface area contributed by atoms with Crippen LogP contribution in [0.3, 0.4) is 0 Å². The van der Waals surface area contributed by atoms with Gasteiger partial charge in [-0.25, -0.2) is 0 Å². The van der Waals surface area contributed by atoms with E-state index < -0.39 is 0 Å². The highest BCUT2D eigenvalue weighted by atomic mass is 14.3.